The molecule has 1 saturated heterocycles. The van der Waals surface area contributed by atoms with Crippen LogP contribution in [0, 0.1) is 5.92 Å². The zero-order valence-corrected chi connectivity index (χ0v) is 14.0. The van der Waals surface area contributed by atoms with Crippen molar-refractivity contribution < 1.29 is 13.4 Å². The van der Waals surface area contributed by atoms with Crippen molar-refractivity contribution in [3.8, 4) is 5.75 Å². The zero-order valence-electron chi connectivity index (χ0n) is 16.1. The molecule has 1 aliphatic rings. The van der Waals surface area contributed by atoms with Gasteiger partial charge in [0.05, 0.1) is 16.8 Å². The fourth-order valence-corrected chi connectivity index (χ4v) is 5.22. The molecule has 0 spiro atoms. The number of benzene rings is 1. The molecule has 21 heavy (non-hydrogen) atoms. The summed E-state index contributed by atoms with van der Waals surface area (Å²) in [5.41, 5.74) is 0.629. The van der Waals surface area contributed by atoms with Crippen molar-refractivity contribution in [3.05, 3.63) is 18.2 Å². The van der Waals surface area contributed by atoms with Gasteiger partial charge in [0.1, 0.15) is 12.9 Å². The Bertz CT molecular complexity index is 608. The average molecular weight is 313 g/mol. The topological polar surface area (TPSA) is 41.6 Å². The fourth-order valence-electron chi connectivity index (χ4n) is 2.46. The Hall–Kier alpha value is -0.990. The molecule has 1 N–H and O–H groups in total. The standard InChI is InChI=1S/C16H27N2O2P/c1-13(2)12-17-15-6-5-14(11-16(15)20-4)21(19)9-7-18(3)8-10-21/h5-6,11,13,17H,7-10,12H2,1-4H3/i4D3. The summed E-state index contributed by atoms with van der Waals surface area (Å²) in [5.74, 6) is 0.667. The largest absolute Gasteiger partial charge is 0.495 e. The lowest BCUT2D eigenvalue weighted by molar-refractivity contribution is 0.361. The Balaban J connectivity index is 2.30. The van der Waals surface area contributed by atoms with Crippen molar-refractivity contribution in [2.24, 2.45) is 5.92 Å². The quantitative estimate of drug-likeness (QED) is 0.849. The molecule has 1 fully saturated rings. The number of methoxy groups -OCH3 is 1. The van der Waals surface area contributed by atoms with E-state index in [0.717, 1.165) is 13.1 Å². The molecule has 5 heteroatoms. The van der Waals surface area contributed by atoms with Crippen molar-refractivity contribution in [3.63, 3.8) is 0 Å². The Kier molecular flexibility index (Phi) is 4.09. The Morgan fingerprint density at radius 2 is 2.14 bits per heavy atom. The second-order valence-electron chi connectivity index (χ2n) is 6.20. The van der Waals surface area contributed by atoms with Gasteiger partial charge in [-0.25, -0.2) is 0 Å². The molecule has 1 aliphatic heterocycles. The summed E-state index contributed by atoms with van der Waals surface area (Å²) in [6.45, 7) is 6.43. The van der Waals surface area contributed by atoms with Crippen LogP contribution in [0.3, 0.4) is 0 Å². The highest BCUT2D eigenvalue weighted by Crippen LogP contribution is 2.47. The molecule has 0 aliphatic carbocycles. The molecular weight excluding hydrogens is 283 g/mol. The summed E-state index contributed by atoms with van der Waals surface area (Å²) in [7, 11) is -3.00. The van der Waals surface area contributed by atoms with E-state index in [1.165, 1.54) is 0 Å². The van der Waals surface area contributed by atoms with Gasteiger partial charge in [0.15, 0.2) is 0 Å². The monoisotopic (exact) mass is 313 g/mol. The van der Waals surface area contributed by atoms with Crippen molar-refractivity contribution in [2.75, 3.05) is 51.4 Å². The summed E-state index contributed by atoms with van der Waals surface area (Å²) in [6, 6.07) is 5.29. The molecule has 0 saturated carbocycles. The highest BCUT2D eigenvalue weighted by molar-refractivity contribution is 7.71. The van der Waals surface area contributed by atoms with Crippen LogP contribution in [0.15, 0.2) is 18.2 Å². The summed E-state index contributed by atoms with van der Waals surface area (Å²) in [5, 5.41) is 3.92. The minimum atomic E-state index is -2.53. The van der Waals surface area contributed by atoms with Crippen LogP contribution in [-0.2, 0) is 4.57 Å². The second kappa shape index (κ2) is 6.85. The van der Waals surface area contributed by atoms with E-state index in [0.29, 0.717) is 35.8 Å². The zero-order chi connectivity index (χ0) is 18.0. The Labute approximate surface area is 132 Å². The smallest absolute Gasteiger partial charge is 0.142 e. The Morgan fingerprint density at radius 1 is 1.43 bits per heavy atom. The van der Waals surface area contributed by atoms with E-state index < -0.39 is 14.2 Å². The second-order valence-corrected chi connectivity index (χ2v) is 9.39. The minimum absolute atomic E-state index is 0.252. The van der Waals surface area contributed by atoms with Gasteiger partial charge in [-0.3, -0.25) is 0 Å². The number of hydrogen-bond acceptors (Lipinski definition) is 4. The maximum absolute atomic E-state index is 13.2. The van der Waals surface area contributed by atoms with Gasteiger partial charge in [-0.05, 0) is 31.2 Å². The van der Waals surface area contributed by atoms with Crippen LogP contribution in [0.4, 0.5) is 5.69 Å². The van der Waals surface area contributed by atoms with E-state index in [4.69, 9.17) is 8.85 Å². The van der Waals surface area contributed by atoms with E-state index in [1.54, 1.807) is 12.1 Å². The minimum Gasteiger partial charge on any atom is -0.495 e. The Morgan fingerprint density at radius 3 is 2.76 bits per heavy atom. The number of ether oxygens (including phenoxy) is 1. The first kappa shape index (κ1) is 12.5. The van der Waals surface area contributed by atoms with Gasteiger partial charge in [-0.1, -0.05) is 13.8 Å². The first-order valence-electron chi connectivity index (χ1n) is 8.93. The molecule has 118 valence electrons. The highest BCUT2D eigenvalue weighted by atomic mass is 31.2. The maximum Gasteiger partial charge on any atom is 0.142 e. The summed E-state index contributed by atoms with van der Waals surface area (Å²) in [4.78, 5) is 2.16. The summed E-state index contributed by atoms with van der Waals surface area (Å²) >= 11 is 0. The van der Waals surface area contributed by atoms with Crippen LogP contribution in [0.2, 0.25) is 0 Å². The lowest BCUT2D eigenvalue weighted by Crippen LogP contribution is -2.34. The lowest BCUT2D eigenvalue weighted by atomic mass is 10.2. The van der Waals surface area contributed by atoms with Crippen molar-refractivity contribution in [1.82, 2.24) is 4.90 Å². The third kappa shape index (κ3) is 4.02. The van der Waals surface area contributed by atoms with Crippen LogP contribution < -0.4 is 15.4 Å². The van der Waals surface area contributed by atoms with Crippen molar-refractivity contribution in [2.45, 2.75) is 13.8 Å². The number of anilines is 1. The van der Waals surface area contributed by atoms with Gasteiger partial charge in [0.25, 0.3) is 0 Å². The number of nitrogens with zero attached hydrogens (tertiary/aromatic N) is 1. The molecule has 0 unspecified atom stereocenters. The maximum atomic E-state index is 13.2. The molecule has 1 aromatic rings. The number of hydrogen-bond donors (Lipinski definition) is 1. The first-order valence-corrected chi connectivity index (χ1v) is 9.51. The van der Waals surface area contributed by atoms with Crippen molar-refractivity contribution in [1.29, 1.82) is 0 Å². The van der Waals surface area contributed by atoms with Crippen LogP contribution >= 0.6 is 7.14 Å². The van der Waals surface area contributed by atoms with Crippen molar-refractivity contribution >= 4 is 18.1 Å². The van der Waals surface area contributed by atoms with Gasteiger partial charge in [-0.15, -0.1) is 0 Å². The van der Waals surface area contributed by atoms with E-state index in [1.807, 2.05) is 13.1 Å². The molecule has 0 bridgehead atoms. The van der Waals surface area contributed by atoms with Gasteiger partial charge in [0.2, 0.25) is 0 Å². The molecule has 0 aromatic heterocycles. The summed E-state index contributed by atoms with van der Waals surface area (Å²) < 4.78 is 40.5. The fraction of sp³-hybridized carbons (Fsp3) is 0.625. The van der Waals surface area contributed by atoms with E-state index in [2.05, 4.69) is 24.1 Å². The molecule has 1 heterocycles. The van der Waals surface area contributed by atoms with Crippen LogP contribution in [0.25, 0.3) is 0 Å². The van der Waals surface area contributed by atoms with Gasteiger partial charge in [0, 0.05) is 37.3 Å². The predicted molar refractivity (Wildman–Crippen MR) is 90.8 cm³/mol. The SMILES string of the molecule is [2H]C([2H])([2H])Oc1cc(P2(=O)CCN(C)CC2)ccc1NCC(C)C. The first-order chi connectivity index (χ1) is 11.1. The van der Waals surface area contributed by atoms with Crippen LogP contribution in [0.1, 0.15) is 18.0 Å². The van der Waals surface area contributed by atoms with Gasteiger partial charge in [-0.2, -0.15) is 0 Å². The van der Waals surface area contributed by atoms with E-state index in [-0.39, 0.29) is 5.75 Å². The van der Waals surface area contributed by atoms with Crippen LogP contribution in [-0.4, -0.2) is 50.9 Å². The van der Waals surface area contributed by atoms with E-state index in [9.17, 15) is 4.57 Å². The van der Waals surface area contributed by atoms with Gasteiger partial charge >= 0.3 is 0 Å². The number of rotatable bonds is 5. The molecule has 4 nitrogen and oxygen atoms in total. The molecule has 0 amide bonds. The third-order valence-electron chi connectivity index (χ3n) is 3.93. The molecular formula is C16H27N2O2P. The van der Waals surface area contributed by atoms with Crippen LogP contribution in [0.5, 0.6) is 5.75 Å². The lowest BCUT2D eigenvalue weighted by Gasteiger charge is -2.30. The summed E-state index contributed by atoms with van der Waals surface area (Å²) in [6.07, 6.45) is 1.24. The molecule has 0 radical (unpaired) electrons. The molecule has 2 rings (SSSR count). The third-order valence-corrected chi connectivity index (χ3v) is 7.00. The predicted octanol–water partition coefficient (Wildman–Crippen LogP) is 2.70. The molecule has 1 aromatic carbocycles. The van der Waals surface area contributed by atoms with E-state index >= 15 is 0 Å². The normalized spacial score (nSPS) is 21.4. The van der Waals surface area contributed by atoms with Gasteiger partial charge < -0.3 is 19.5 Å². The number of nitrogens with one attached hydrogen (secondary N) is 1. The highest BCUT2D eigenvalue weighted by Gasteiger charge is 2.29. The molecule has 0 atom stereocenters. The average Bonchev–Trinajstić information content (AvgIpc) is 2.47.